The highest BCUT2D eigenvalue weighted by Crippen LogP contribution is 2.39. The van der Waals surface area contributed by atoms with Gasteiger partial charge in [-0.05, 0) is 49.2 Å². The molecule has 0 radical (unpaired) electrons. The van der Waals surface area contributed by atoms with Crippen molar-refractivity contribution in [1.82, 2.24) is 24.4 Å². The van der Waals surface area contributed by atoms with E-state index in [2.05, 4.69) is 36.6 Å². The molecule has 0 bridgehead atoms. The Morgan fingerprint density at radius 2 is 2.05 bits per heavy atom. The van der Waals surface area contributed by atoms with Crippen molar-refractivity contribution in [2.75, 3.05) is 36.9 Å². The van der Waals surface area contributed by atoms with Crippen molar-refractivity contribution in [2.24, 2.45) is 17.5 Å². The molecule has 2 saturated heterocycles. The van der Waals surface area contributed by atoms with Crippen LogP contribution in [0.4, 0.5) is 17.2 Å². The maximum absolute atomic E-state index is 6.18. The Balaban J connectivity index is 1.08. The number of aromatic nitrogens is 4. The van der Waals surface area contributed by atoms with E-state index < -0.39 is 0 Å². The Morgan fingerprint density at radius 1 is 1.14 bits per heavy atom. The average molecular weight is 497 g/mol. The van der Waals surface area contributed by atoms with Crippen molar-refractivity contribution in [3.8, 4) is 11.5 Å². The van der Waals surface area contributed by atoms with Crippen LogP contribution < -0.4 is 15.4 Å². The van der Waals surface area contributed by atoms with E-state index in [-0.39, 0.29) is 6.29 Å². The van der Waals surface area contributed by atoms with E-state index in [1.165, 1.54) is 0 Å². The second-order valence-corrected chi connectivity index (χ2v) is 10.2. The van der Waals surface area contributed by atoms with Crippen LogP contribution in [0.25, 0.3) is 11.0 Å². The maximum atomic E-state index is 6.18. The number of rotatable bonds is 5. The number of nitrogens with zero attached hydrogens (tertiary/aromatic N) is 6. The molecule has 1 atom stereocenters. The van der Waals surface area contributed by atoms with E-state index in [0.29, 0.717) is 5.41 Å². The van der Waals surface area contributed by atoms with Crippen LogP contribution in [0.3, 0.4) is 0 Å². The third kappa shape index (κ3) is 3.98. The van der Waals surface area contributed by atoms with Gasteiger partial charge in [-0.3, -0.25) is 9.89 Å². The summed E-state index contributed by atoms with van der Waals surface area (Å²) in [6.07, 6.45) is 6.22. The van der Waals surface area contributed by atoms with Crippen LogP contribution in [-0.4, -0.2) is 63.2 Å². The van der Waals surface area contributed by atoms with Gasteiger partial charge in [-0.2, -0.15) is 0 Å². The number of ether oxygens (including phenoxy) is 2. The van der Waals surface area contributed by atoms with Crippen LogP contribution in [0.1, 0.15) is 17.7 Å². The number of fused-ring (bicyclic) bond motifs is 2. The maximum Gasteiger partial charge on any atom is 0.176 e. The van der Waals surface area contributed by atoms with Gasteiger partial charge in [0.15, 0.2) is 12.1 Å². The van der Waals surface area contributed by atoms with Gasteiger partial charge in [-0.25, -0.2) is 15.0 Å². The zero-order chi connectivity index (χ0) is 25.0. The molecule has 0 amide bonds. The summed E-state index contributed by atoms with van der Waals surface area (Å²) in [6.45, 7) is 5.72. The van der Waals surface area contributed by atoms with Crippen molar-refractivity contribution in [2.45, 2.75) is 19.6 Å². The van der Waals surface area contributed by atoms with E-state index in [0.717, 1.165) is 83.7 Å². The first-order valence-corrected chi connectivity index (χ1v) is 12.5. The summed E-state index contributed by atoms with van der Waals surface area (Å²) in [4.78, 5) is 20.5. The molecule has 10 heteroatoms. The molecule has 5 heterocycles. The third-order valence-electron chi connectivity index (χ3n) is 7.48. The molecule has 2 N–H and O–H groups in total. The lowest BCUT2D eigenvalue weighted by Crippen LogP contribution is -2.47. The van der Waals surface area contributed by atoms with E-state index in [9.17, 15) is 0 Å². The molecule has 10 nitrogen and oxygen atoms in total. The van der Waals surface area contributed by atoms with E-state index in [1.54, 1.807) is 12.7 Å². The quantitative estimate of drug-likeness (QED) is 0.427. The van der Waals surface area contributed by atoms with Gasteiger partial charge in [0.1, 0.15) is 29.2 Å². The summed E-state index contributed by atoms with van der Waals surface area (Å²) in [6, 6.07) is 12.0. The molecule has 3 aliphatic heterocycles. The molecule has 0 saturated carbocycles. The van der Waals surface area contributed by atoms with Gasteiger partial charge in [-0.15, -0.1) is 0 Å². The zero-order valence-corrected chi connectivity index (χ0v) is 20.8. The fourth-order valence-electron chi connectivity index (χ4n) is 5.32. The lowest BCUT2D eigenvalue weighted by molar-refractivity contribution is -0.105. The summed E-state index contributed by atoms with van der Waals surface area (Å²) in [5.74, 6) is 2.26. The predicted octanol–water partition coefficient (Wildman–Crippen LogP) is 4.06. The van der Waals surface area contributed by atoms with E-state index in [1.807, 2.05) is 55.1 Å². The topological polar surface area (TPSA) is 102 Å². The number of imidazole rings is 1. The Morgan fingerprint density at radius 3 is 2.86 bits per heavy atom. The number of aryl methyl sites for hydroxylation is 2. The van der Waals surface area contributed by atoms with Crippen LogP contribution in [0.15, 0.2) is 54.0 Å². The number of anilines is 3. The molecule has 0 aliphatic carbocycles. The molecule has 2 aromatic carbocycles. The van der Waals surface area contributed by atoms with Crippen LogP contribution in [-0.2, 0) is 11.8 Å². The normalized spacial score (nSPS) is 20.0. The van der Waals surface area contributed by atoms with Gasteiger partial charge >= 0.3 is 0 Å². The largest absolute Gasteiger partial charge is 0.457 e. The van der Waals surface area contributed by atoms with Crippen LogP contribution in [0.5, 0.6) is 11.5 Å². The molecule has 2 fully saturated rings. The first-order chi connectivity index (χ1) is 18.1. The predicted molar refractivity (Wildman–Crippen MR) is 142 cm³/mol. The molecule has 2 aromatic heterocycles. The molecule has 188 valence electrons. The first-order valence-electron chi connectivity index (χ1n) is 12.5. The highest BCUT2D eigenvalue weighted by atomic mass is 16.5. The highest BCUT2D eigenvalue weighted by Gasteiger charge is 2.46. The van der Waals surface area contributed by atoms with Gasteiger partial charge < -0.3 is 24.7 Å². The van der Waals surface area contributed by atoms with Gasteiger partial charge in [0.05, 0.1) is 36.8 Å². The lowest BCUT2D eigenvalue weighted by Gasteiger charge is -2.38. The SMILES string of the molecule is Cc1cc(Nc2ncnc3c2NC(N2CCC4(COC4)C2)N=C3)ccc1Oc1ccc2c(c1)ncn2C. The molecule has 7 rings (SSSR count). The summed E-state index contributed by atoms with van der Waals surface area (Å²) in [7, 11) is 1.98. The third-order valence-corrected chi connectivity index (χ3v) is 7.48. The Bertz CT molecular complexity index is 1530. The number of hydrogen-bond donors (Lipinski definition) is 2. The van der Waals surface area contributed by atoms with Gasteiger partial charge in [0.2, 0.25) is 0 Å². The minimum atomic E-state index is -0.131. The minimum Gasteiger partial charge on any atom is -0.457 e. The standard InChI is InChI=1S/C27H28N8O2/c1-17-9-18(3-6-23(17)37-19-4-5-22-20(10-19)31-16-34(22)2)32-25-24-21(29-15-30-25)11-28-26(33-24)35-8-7-27(12-35)13-36-14-27/h3-6,9-11,15-16,26,33H,7-8,12-14H2,1-2H3,(H,29,30,32). The first kappa shape index (κ1) is 22.2. The van der Waals surface area contributed by atoms with Crippen molar-refractivity contribution >= 4 is 34.4 Å². The number of aliphatic imine (C=N–C) groups is 1. The summed E-state index contributed by atoms with van der Waals surface area (Å²) < 4.78 is 13.6. The van der Waals surface area contributed by atoms with Crippen LogP contribution in [0.2, 0.25) is 0 Å². The Labute approximate surface area is 214 Å². The van der Waals surface area contributed by atoms with Crippen LogP contribution >= 0.6 is 0 Å². The number of hydrogen-bond acceptors (Lipinski definition) is 9. The molecule has 4 aromatic rings. The average Bonchev–Trinajstić information content (AvgIpc) is 3.50. The van der Waals surface area contributed by atoms with Crippen LogP contribution in [0, 0.1) is 12.3 Å². The second-order valence-electron chi connectivity index (χ2n) is 10.2. The second kappa shape index (κ2) is 8.53. The van der Waals surface area contributed by atoms with Crippen molar-refractivity contribution in [1.29, 1.82) is 0 Å². The fraction of sp³-hybridized carbons (Fsp3) is 0.333. The summed E-state index contributed by atoms with van der Waals surface area (Å²) in [5, 5.41) is 7.01. The van der Waals surface area contributed by atoms with Crippen molar-refractivity contribution in [3.05, 3.63) is 60.3 Å². The van der Waals surface area contributed by atoms with E-state index in [4.69, 9.17) is 14.5 Å². The van der Waals surface area contributed by atoms with Crippen molar-refractivity contribution < 1.29 is 9.47 Å². The van der Waals surface area contributed by atoms with Crippen molar-refractivity contribution in [3.63, 3.8) is 0 Å². The molecule has 3 aliphatic rings. The summed E-state index contributed by atoms with van der Waals surface area (Å²) >= 11 is 0. The molecular weight excluding hydrogens is 468 g/mol. The fourth-order valence-corrected chi connectivity index (χ4v) is 5.32. The molecule has 37 heavy (non-hydrogen) atoms. The molecule has 1 spiro atoms. The van der Waals surface area contributed by atoms with Gasteiger partial charge in [0.25, 0.3) is 0 Å². The van der Waals surface area contributed by atoms with Gasteiger partial charge in [0, 0.05) is 37.3 Å². The molecule has 1 unspecified atom stereocenters. The number of benzene rings is 2. The van der Waals surface area contributed by atoms with Gasteiger partial charge in [-0.1, -0.05) is 0 Å². The summed E-state index contributed by atoms with van der Waals surface area (Å²) in [5.41, 5.74) is 5.83. The Kier molecular flexibility index (Phi) is 5.12. The Hall–Kier alpha value is -4.02. The number of likely N-dealkylation sites (tertiary alicyclic amines) is 1. The molecular formula is C27H28N8O2. The highest BCUT2D eigenvalue weighted by molar-refractivity contribution is 5.92. The lowest BCUT2D eigenvalue weighted by atomic mass is 9.85. The smallest absolute Gasteiger partial charge is 0.176 e. The zero-order valence-electron chi connectivity index (χ0n) is 20.8. The van der Waals surface area contributed by atoms with E-state index >= 15 is 0 Å². The monoisotopic (exact) mass is 496 g/mol. The minimum absolute atomic E-state index is 0.131. The number of nitrogens with one attached hydrogen (secondary N) is 2.